The third-order valence-corrected chi connectivity index (χ3v) is 4.40. The number of carbonyl (C=O) groups is 1. The van der Waals surface area contributed by atoms with Crippen molar-refractivity contribution in [1.29, 1.82) is 0 Å². The van der Waals surface area contributed by atoms with Crippen molar-refractivity contribution < 1.29 is 4.79 Å². The molecule has 0 amide bonds. The lowest BCUT2D eigenvalue weighted by molar-refractivity contribution is -0.112. The van der Waals surface area contributed by atoms with Gasteiger partial charge < -0.3 is 0 Å². The highest BCUT2D eigenvalue weighted by Crippen LogP contribution is 2.28. The summed E-state index contributed by atoms with van der Waals surface area (Å²) in [5.74, 6) is 0.140. The normalized spacial score (nSPS) is 18.6. The van der Waals surface area contributed by atoms with Crippen LogP contribution in [-0.4, -0.2) is 5.78 Å². The Morgan fingerprint density at radius 2 is 1.09 bits per heavy atom. The topological polar surface area (TPSA) is 17.1 Å². The van der Waals surface area contributed by atoms with Gasteiger partial charge >= 0.3 is 0 Å². The van der Waals surface area contributed by atoms with Crippen LogP contribution in [0.1, 0.15) is 30.4 Å². The molecule has 0 aromatic heterocycles. The van der Waals surface area contributed by atoms with E-state index in [1.807, 2.05) is 60.7 Å². The molecule has 1 fully saturated rings. The molecule has 0 aliphatic heterocycles. The molecule has 2 aromatic rings. The Bertz CT molecular complexity index is 703. The van der Waals surface area contributed by atoms with E-state index in [0.29, 0.717) is 10.0 Å². The first-order valence-corrected chi connectivity index (χ1v) is 8.34. The summed E-state index contributed by atoms with van der Waals surface area (Å²) in [5, 5.41) is 1.40. The molecule has 3 rings (SSSR count). The molecule has 1 saturated carbocycles. The molecule has 1 aliphatic rings. The second-order valence-corrected chi connectivity index (χ2v) is 6.50. The largest absolute Gasteiger partial charge is 0.289 e. The fourth-order valence-electron chi connectivity index (χ4n) is 2.70. The lowest BCUT2D eigenvalue weighted by atomic mass is 9.87. The van der Waals surface area contributed by atoms with Gasteiger partial charge in [-0.3, -0.25) is 4.79 Å². The zero-order valence-electron chi connectivity index (χ0n) is 12.6. The molecular formula is C20H16Cl2O. The van der Waals surface area contributed by atoms with Crippen molar-refractivity contribution in [2.45, 2.75) is 19.3 Å². The van der Waals surface area contributed by atoms with Crippen LogP contribution in [0.3, 0.4) is 0 Å². The van der Waals surface area contributed by atoms with Gasteiger partial charge in [-0.15, -0.1) is 0 Å². The van der Waals surface area contributed by atoms with E-state index in [1.54, 1.807) is 0 Å². The van der Waals surface area contributed by atoms with E-state index in [9.17, 15) is 4.79 Å². The van der Waals surface area contributed by atoms with Crippen LogP contribution in [0.25, 0.3) is 12.2 Å². The predicted molar refractivity (Wildman–Crippen MR) is 97.7 cm³/mol. The Balaban J connectivity index is 1.86. The maximum Gasteiger partial charge on any atom is 0.185 e. The summed E-state index contributed by atoms with van der Waals surface area (Å²) in [6.45, 7) is 0. The second-order valence-electron chi connectivity index (χ2n) is 5.62. The number of carbonyl (C=O) groups excluding carboxylic acids is 1. The number of rotatable bonds is 2. The number of hydrogen-bond donors (Lipinski definition) is 0. The van der Waals surface area contributed by atoms with Crippen LogP contribution in [0.2, 0.25) is 10.0 Å². The van der Waals surface area contributed by atoms with Crippen LogP contribution in [0, 0.1) is 0 Å². The molecule has 0 saturated heterocycles. The van der Waals surface area contributed by atoms with E-state index in [1.165, 1.54) is 0 Å². The average molecular weight is 343 g/mol. The molecule has 0 radical (unpaired) electrons. The van der Waals surface area contributed by atoms with Crippen LogP contribution < -0.4 is 0 Å². The van der Waals surface area contributed by atoms with Gasteiger partial charge in [0.05, 0.1) is 0 Å². The molecule has 23 heavy (non-hydrogen) atoms. The molecule has 116 valence electrons. The number of Topliss-reactive ketones (excluding diaryl/α,β-unsaturated/α-hetero) is 1. The molecule has 2 aromatic carbocycles. The molecule has 0 N–H and O–H groups in total. The van der Waals surface area contributed by atoms with E-state index >= 15 is 0 Å². The van der Waals surface area contributed by atoms with Gasteiger partial charge in [-0.1, -0.05) is 47.5 Å². The lowest BCUT2D eigenvalue weighted by Crippen LogP contribution is -2.12. The van der Waals surface area contributed by atoms with Gasteiger partial charge in [-0.2, -0.15) is 0 Å². The molecule has 1 nitrogen and oxygen atoms in total. The first-order chi connectivity index (χ1) is 11.1. The van der Waals surface area contributed by atoms with Crippen LogP contribution >= 0.6 is 23.2 Å². The van der Waals surface area contributed by atoms with E-state index in [2.05, 4.69) is 0 Å². The summed E-state index contributed by atoms with van der Waals surface area (Å²) in [7, 11) is 0. The standard InChI is InChI=1S/C20H16Cl2O/c21-18-8-4-14(5-9-18)12-16-2-1-3-17(20(16)23)13-15-6-10-19(22)11-7-15/h4-13H,1-3H2/b16-12-,17-13?. The van der Waals surface area contributed by atoms with Crippen molar-refractivity contribution in [1.82, 2.24) is 0 Å². The third kappa shape index (κ3) is 4.13. The van der Waals surface area contributed by atoms with Crippen molar-refractivity contribution in [3.63, 3.8) is 0 Å². The molecule has 3 heteroatoms. The van der Waals surface area contributed by atoms with Crippen molar-refractivity contribution in [3.05, 3.63) is 80.8 Å². The van der Waals surface area contributed by atoms with Crippen LogP contribution in [0.5, 0.6) is 0 Å². The minimum Gasteiger partial charge on any atom is -0.289 e. The van der Waals surface area contributed by atoms with Crippen molar-refractivity contribution in [3.8, 4) is 0 Å². The van der Waals surface area contributed by atoms with Crippen LogP contribution in [0.15, 0.2) is 59.7 Å². The maximum absolute atomic E-state index is 12.7. The Labute approximate surface area is 146 Å². The maximum atomic E-state index is 12.7. The van der Waals surface area contributed by atoms with E-state index in [0.717, 1.165) is 41.5 Å². The minimum atomic E-state index is 0.140. The van der Waals surface area contributed by atoms with Gasteiger partial charge in [0.2, 0.25) is 0 Å². The van der Waals surface area contributed by atoms with Gasteiger partial charge in [0.15, 0.2) is 5.78 Å². The van der Waals surface area contributed by atoms with Gasteiger partial charge in [0.1, 0.15) is 0 Å². The zero-order valence-corrected chi connectivity index (χ0v) is 14.1. The van der Waals surface area contributed by atoms with Crippen LogP contribution in [-0.2, 0) is 4.79 Å². The number of hydrogen-bond acceptors (Lipinski definition) is 1. The third-order valence-electron chi connectivity index (χ3n) is 3.90. The Hall–Kier alpha value is -1.83. The van der Waals surface area contributed by atoms with Gasteiger partial charge in [-0.25, -0.2) is 0 Å². The average Bonchev–Trinajstić information content (AvgIpc) is 2.55. The number of benzene rings is 2. The lowest BCUT2D eigenvalue weighted by Gasteiger charge is -2.16. The summed E-state index contributed by atoms with van der Waals surface area (Å²) in [6.07, 6.45) is 6.56. The molecule has 0 atom stereocenters. The predicted octanol–water partition coefficient (Wildman–Crippen LogP) is 6.21. The van der Waals surface area contributed by atoms with Gasteiger partial charge in [0, 0.05) is 21.2 Å². The molecule has 1 aliphatic carbocycles. The monoisotopic (exact) mass is 342 g/mol. The van der Waals surface area contributed by atoms with E-state index < -0.39 is 0 Å². The number of allylic oxidation sites excluding steroid dienone is 2. The highest BCUT2D eigenvalue weighted by Gasteiger charge is 2.20. The fraction of sp³-hybridized carbons (Fsp3) is 0.150. The summed E-state index contributed by atoms with van der Waals surface area (Å²) in [4.78, 5) is 12.7. The molecular weight excluding hydrogens is 327 g/mol. The minimum absolute atomic E-state index is 0.140. The van der Waals surface area contributed by atoms with E-state index in [-0.39, 0.29) is 5.78 Å². The van der Waals surface area contributed by atoms with Crippen molar-refractivity contribution in [2.24, 2.45) is 0 Å². The smallest absolute Gasteiger partial charge is 0.185 e. The summed E-state index contributed by atoms with van der Waals surface area (Å²) in [5.41, 5.74) is 3.73. The quantitative estimate of drug-likeness (QED) is 0.592. The summed E-state index contributed by atoms with van der Waals surface area (Å²) >= 11 is 11.8. The molecule has 0 unspecified atom stereocenters. The molecule has 0 bridgehead atoms. The fourth-order valence-corrected chi connectivity index (χ4v) is 2.95. The SMILES string of the molecule is O=C1C(=Cc2ccc(Cl)cc2)CCC/C1=C/c1ccc(Cl)cc1. The van der Waals surface area contributed by atoms with Gasteiger partial charge in [-0.05, 0) is 66.8 Å². The summed E-state index contributed by atoms with van der Waals surface area (Å²) < 4.78 is 0. The van der Waals surface area contributed by atoms with Crippen molar-refractivity contribution >= 4 is 41.1 Å². The zero-order chi connectivity index (χ0) is 16.2. The Morgan fingerprint density at radius 3 is 1.48 bits per heavy atom. The number of halogens is 2. The van der Waals surface area contributed by atoms with Gasteiger partial charge in [0.25, 0.3) is 0 Å². The van der Waals surface area contributed by atoms with Crippen molar-refractivity contribution in [2.75, 3.05) is 0 Å². The first-order valence-electron chi connectivity index (χ1n) is 7.59. The first kappa shape index (κ1) is 16.0. The van der Waals surface area contributed by atoms with Crippen LogP contribution in [0.4, 0.5) is 0 Å². The number of ketones is 1. The molecule has 0 spiro atoms. The summed E-state index contributed by atoms with van der Waals surface area (Å²) in [6, 6.07) is 15.1. The second kappa shape index (κ2) is 7.16. The Kier molecular flexibility index (Phi) is 5.00. The Morgan fingerprint density at radius 1 is 0.696 bits per heavy atom. The highest BCUT2D eigenvalue weighted by molar-refractivity contribution is 6.30. The highest BCUT2D eigenvalue weighted by atomic mass is 35.5. The van der Waals surface area contributed by atoms with E-state index in [4.69, 9.17) is 23.2 Å². The molecule has 0 heterocycles.